The summed E-state index contributed by atoms with van der Waals surface area (Å²) in [4.78, 5) is 12.1. The summed E-state index contributed by atoms with van der Waals surface area (Å²) in [5, 5.41) is 6.20. The summed E-state index contributed by atoms with van der Waals surface area (Å²) in [6.07, 6.45) is 0.886. The van der Waals surface area contributed by atoms with Crippen molar-refractivity contribution >= 4 is 5.91 Å². The van der Waals surface area contributed by atoms with Crippen LogP contribution in [0.15, 0.2) is 30.3 Å². The van der Waals surface area contributed by atoms with Gasteiger partial charge in [-0.3, -0.25) is 4.79 Å². The third-order valence-corrected chi connectivity index (χ3v) is 3.40. The van der Waals surface area contributed by atoms with Crippen molar-refractivity contribution in [3.05, 3.63) is 35.9 Å². The maximum atomic E-state index is 12.1. The van der Waals surface area contributed by atoms with Gasteiger partial charge in [-0.2, -0.15) is 0 Å². The molecule has 98 valence electrons. The molecule has 0 saturated carbocycles. The third kappa shape index (κ3) is 3.09. The van der Waals surface area contributed by atoms with Gasteiger partial charge in [0, 0.05) is 13.7 Å². The van der Waals surface area contributed by atoms with Gasteiger partial charge >= 0.3 is 0 Å². The van der Waals surface area contributed by atoms with Crippen molar-refractivity contribution in [2.75, 3.05) is 13.7 Å². The van der Waals surface area contributed by atoms with Crippen molar-refractivity contribution in [2.45, 2.75) is 31.5 Å². The fourth-order valence-corrected chi connectivity index (χ4v) is 2.22. The number of amides is 1. The fourth-order valence-electron chi connectivity index (χ4n) is 2.22. The van der Waals surface area contributed by atoms with Gasteiger partial charge in [-0.1, -0.05) is 30.3 Å². The second-order valence-electron chi connectivity index (χ2n) is 4.70. The van der Waals surface area contributed by atoms with E-state index < -0.39 is 0 Å². The number of benzene rings is 1. The van der Waals surface area contributed by atoms with Gasteiger partial charge in [-0.25, -0.2) is 0 Å². The summed E-state index contributed by atoms with van der Waals surface area (Å²) in [5.74, 6) is 0.0471. The number of nitrogens with one attached hydrogen (secondary N) is 2. The molecule has 0 radical (unpaired) electrons. The van der Waals surface area contributed by atoms with E-state index in [1.165, 1.54) is 0 Å². The van der Waals surface area contributed by atoms with Crippen LogP contribution in [0.5, 0.6) is 0 Å². The molecule has 0 spiro atoms. The van der Waals surface area contributed by atoms with Crippen LogP contribution in [0.4, 0.5) is 0 Å². The molecule has 2 N–H and O–H groups in total. The Kier molecular flexibility index (Phi) is 4.33. The zero-order chi connectivity index (χ0) is 13.0. The van der Waals surface area contributed by atoms with Crippen molar-refractivity contribution in [3.63, 3.8) is 0 Å². The number of rotatable bonds is 4. The number of methoxy groups -OCH3 is 1. The summed E-state index contributed by atoms with van der Waals surface area (Å²) >= 11 is 0. The molecule has 3 atom stereocenters. The Balaban J connectivity index is 1.88. The average molecular weight is 248 g/mol. The minimum absolute atomic E-state index is 0.0297. The predicted molar refractivity (Wildman–Crippen MR) is 70.2 cm³/mol. The summed E-state index contributed by atoms with van der Waals surface area (Å²) < 4.78 is 5.24. The normalized spacial score (nSPS) is 24.8. The van der Waals surface area contributed by atoms with Crippen LogP contribution in [0.25, 0.3) is 0 Å². The largest absolute Gasteiger partial charge is 0.380 e. The number of carbonyl (C=O) groups is 1. The highest BCUT2D eigenvalue weighted by Gasteiger charge is 2.29. The molecule has 1 aliphatic heterocycles. The van der Waals surface area contributed by atoms with Crippen molar-refractivity contribution in [1.82, 2.24) is 10.6 Å². The molecule has 0 aromatic heterocycles. The summed E-state index contributed by atoms with van der Waals surface area (Å²) in [6.45, 7) is 2.74. The van der Waals surface area contributed by atoms with E-state index in [2.05, 4.69) is 10.6 Å². The van der Waals surface area contributed by atoms with E-state index >= 15 is 0 Å². The Morgan fingerprint density at radius 1 is 1.44 bits per heavy atom. The minimum Gasteiger partial charge on any atom is -0.380 e. The van der Waals surface area contributed by atoms with E-state index in [9.17, 15) is 4.79 Å². The van der Waals surface area contributed by atoms with Gasteiger partial charge in [0.15, 0.2) is 0 Å². The van der Waals surface area contributed by atoms with Crippen LogP contribution in [0.1, 0.15) is 24.9 Å². The van der Waals surface area contributed by atoms with Gasteiger partial charge < -0.3 is 15.4 Å². The molecule has 4 heteroatoms. The van der Waals surface area contributed by atoms with Gasteiger partial charge in [-0.05, 0) is 18.9 Å². The Bertz CT molecular complexity index is 394. The maximum Gasteiger partial charge on any atom is 0.237 e. The van der Waals surface area contributed by atoms with Gasteiger partial charge in [0.05, 0.1) is 18.2 Å². The number of ether oxygens (including phenoxy) is 1. The highest BCUT2D eigenvalue weighted by molar-refractivity contribution is 5.82. The van der Waals surface area contributed by atoms with Crippen LogP contribution in [0.3, 0.4) is 0 Å². The monoisotopic (exact) mass is 248 g/mol. The molecular weight excluding hydrogens is 228 g/mol. The number of hydrogen-bond donors (Lipinski definition) is 2. The van der Waals surface area contributed by atoms with Crippen molar-refractivity contribution in [2.24, 2.45) is 0 Å². The first-order chi connectivity index (χ1) is 8.70. The van der Waals surface area contributed by atoms with Gasteiger partial charge in [-0.15, -0.1) is 0 Å². The molecule has 1 aromatic carbocycles. The van der Waals surface area contributed by atoms with E-state index in [0.29, 0.717) is 0 Å². The van der Waals surface area contributed by atoms with Gasteiger partial charge in [0.1, 0.15) is 0 Å². The summed E-state index contributed by atoms with van der Waals surface area (Å²) in [5.41, 5.74) is 1.12. The molecule has 1 heterocycles. The molecule has 3 unspecified atom stereocenters. The Morgan fingerprint density at radius 3 is 2.78 bits per heavy atom. The van der Waals surface area contributed by atoms with Crippen LogP contribution < -0.4 is 10.6 Å². The van der Waals surface area contributed by atoms with E-state index in [1.807, 2.05) is 37.3 Å². The van der Waals surface area contributed by atoms with Crippen LogP contribution in [0, 0.1) is 0 Å². The molecule has 1 amide bonds. The van der Waals surface area contributed by atoms with Gasteiger partial charge in [0.25, 0.3) is 0 Å². The van der Waals surface area contributed by atoms with E-state index in [4.69, 9.17) is 4.74 Å². The summed E-state index contributed by atoms with van der Waals surface area (Å²) in [6, 6.07) is 9.86. The molecule has 2 rings (SSSR count). The smallest absolute Gasteiger partial charge is 0.237 e. The first-order valence-corrected chi connectivity index (χ1v) is 6.32. The lowest BCUT2D eigenvalue weighted by molar-refractivity contribution is -0.123. The molecular formula is C14H20N2O2. The lowest BCUT2D eigenvalue weighted by atomic mass is 10.1. The quantitative estimate of drug-likeness (QED) is 0.843. The first-order valence-electron chi connectivity index (χ1n) is 6.32. The molecule has 1 aliphatic rings. The summed E-state index contributed by atoms with van der Waals surface area (Å²) in [7, 11) is 1.68. The van der Waals surface area contributed by atoms with E-state index in [0.717, 1.165) is 18.5 Å². The lowest BCUT2D eigenvalue weighted by Crippen LogP contribution is -2.41. The predicted octanol–water partition coefficient (Wildman–Crippen LogP) is 1.24. The SMILES string of the molecule is COC1CNC(C(=O)NC(C)c2ccccc2)C1. The molecule has 1 saturated heterocycles. The zero-order valence-electron chi connectivity index (χ0n) is 10.8. The van der Waals surface area contributed by atoms with Crippen molar-refractivity contribution < 1.29 is 9.53 Å². The Labute approximate surface area is 108 Å². The Morgan fingerprint density at radius 2 is 2.17 bits per heavy atom. The van der Waals surface area contributed by atoms with Gasteiger partial charge in [0.2, 0.25) is 5.91 Å². The molecule has 0 aliphatic carbocycles. The number of hydrogen-bond acceptors (Lipinski definition) is 3. The second kappa shape index (κ2) is 5.98. The molecule has 1 fully saturated rings. The van der Waals surface area contributed by atoms with Crippen molar-refractivity contribution in [1.29, 1.82) is 0 Å². The van der Waals surface area contributed by atoms with Crippen LogP contribution in [-0.4, -0.2) is 31.7 Å². The molecule has 1 aromatic rings. The zero-order valence-corrected chi connectivity index (χ0v) is 10.8. The Hall–Kier alpha value is -1.39. The average Bonchev–Trinajstić information content (AvgIpc) is 2.88. The molecule has 0 bridgehead atoms. The van der Waals surface area contributed by atoms with Crippen LogP contribution in [0.2, 0.25) is 0 Å². The topological polar surface area (TPSA) is 50.4 Å². The van der Waals surface area contributed by atoms with Crippen LogP contribution >= 0.6 is 0 Å². The standard InChI is InChI=1S/C14H20N2O2/c1-10(11-6-4-3-5-7-11)16-14(17)13-8-12(18-2)9-15-13/h3-7,10,12-13,15H,8-9H2,1-2H3,(H,16,17). The highest BCUT2D eigenvalue weighted by Crippen LogP contribution is 2.14. The van der Waals surface area contributed by atoms with E-state index in [-0.39, 0.29) is 24.1 Å². The van der Waals surface area contributed by atoms with E-state index in [1.54, 1.807) is 7.11 Å². The molecule has 18 heavy (non-hydrogen) atoms. The number of carbonyl (C=O) groups excluding carboxylic acids is 1. The minimum atomic E-state index is -0.138. The van der Waals surface area contributed by atoms with Crippen molar-refractivity contribution in [3.8, 4) is 0 Å². The highest BCUT2D eigenvalue weighted by atomic mass is 16.5. The van der Waals surface area contributed by atoms with Crippen LogP contribution in [-0.2, 0) is 9.53 Å². The first kappa shape index (κ1) is 13.1. The maximum absolute atomic E-state index is 12.1. The molecule has 4 nitrogen and oxygen atoms in total. The third-order valence-electron chi connectivity index (χ3n) is 3.40. The lowest BCUT2D eigenvalue weighted by Gasteiger charge is -2.17. The fraction of sp³-hybridized carbons (Fsp3) is 0.500. The second-order valence-corrected chi connectivity index (χ2v) is 4.70.